The highest BCUT2D eigenvalue weighted by Crippen LogP contribution is 2.19. The van der Waals surface area contributed by atoms with Gasteiger partial charge in [0.15, 0.2) is 5.78 Å². The number of piperidine rings is 1. The van der Waals surface area contributed by atoms with Crippen LogP contribution in [0.15, 0.2) is 30.3 Å². The van der Waals surface area contributed by atoms with Gasteiger partial charge in [0.25, 0.3) is 0 Å². The van der Waals surface area contributed by atoms with Crippen molar-refractivity contribution in [3.63, 3.8) is 0 Å². The zero-order valence-electron chi connectivity index (χ0n) is 11.6. The number of hydrogen-bond acceptors (Lipinski definition) is 3. The molecule has 1 aliphatic heterocycles. The van der Waals surface area contributed by atoms with Crippen LogP contribution in [0.3, 0.4) is 0 Å². The van der Waals surface area contributed by atoms with Gasteiger partial charge in [0, 0.05) is 31.0 Å². The Morgan fingerprint density at radius 1 is 1.37 bits per heavy atom. The maximum atomic E-state index is 12.5. The Bertz CT molecular complexity index is 455. The van der Waals surface area contributed by atoms with Crippen molar-refractivity contribution in [2.24, 2.45) is 5.92 Å². The number of rotatable bonds is 4. The third kappa shape index (κ3) is 3.10. The van der Waals surface area contributed by atoms with Crippen LogP contribution in [-0.2, 0) is 4.79 Å². The van der Waals surface area contributed by atoms with Crippen LogP contribution < -0.4 is 0 Å². The third-order valence-electron chi connectivity index (χ3n) is 3.89. The number of Topliss-reactive ketones (excluding diaryl/α,β-unsaturated/α-hetero) is 2. The van der Waals surface area contributed by atoms with E-state index in [1.54, 1.807) is 0 Å². The fourth-order valence-corrected chi connectivity index (χ4v) is 2.73. The summed E-state index contributed by atoms with van der Waals surface area (Å²) in [4.78, 5) is 26.3. The van der Waals surface area contributed by atoms with E-state index in [0.29, 0.717) is 25.3 Å². The van der Waals surface area contributed by atoms with Crippen molar-refractivity contribution in [3.8, 4) is 0 Å². The predicted molar refractivity (Wildman–Crippen MR) is 75.2 cm³/mol. The molecule has 2 unspecified atom stereocenters. The molecule has 0 aliphatic carbocycles. The summed E-state index contributed by atoms with van der Waals surface area (Å²) in [6.07, 6.45) is 1.36. The number of likely N-dealkylation sites (tertiary alicyclic amines) is 1. The van der Waals surface area contributed by atoms with E-state index in [9.17, 15) is 9.59 Å². The molecule has 0 N–H and O–H groups in total. The largest absolute Gasteiger partial charge is 0.299 e. The van der Waals surface area contributed by atoms with Crippen LogP contribution in [0.25, 0.3) is 0 Å². The van der Waals surface area contributed by atoms with Crippen molar-refractivity contribution in [2.75, 3.05) is 13.1 Å². The van der Waals surface area contributed by atoms with Crippen molar-refractivity contribution in [3.05, 3.63) is 35.9 Å². The molecule has 3 nitrogen and oxygen atoms in total. The smallest absolute Gasteiger partial charge is 0.179 e. The molecule has 0 radical (unpaired) electrons. The minimum absolute atomic E-state index is 0.0476. The Morgan fingerprint density at radius 3 is 2.63 bits per heavy atom. The molecular formula is C16H21NO2. The van der Waals surface area contributed by atoms with Crippen molar-refractivity contribution in [2.45, 2.75) is 32.7 Å². The van der Waals surface area contributed by atoms with E-state index in [1.165, 1.54) is 0 Å². The molecule has 0 amide bonds. The molecule has 102 valence electrons. The Balaban J connectivity index is 2.12. The third-order valence-corrected chi connectivity index (χ3v) is 3.89. The van der Waals surface area contributed by atoms with Crippen LogP contribution in [0.5, 0.6) is 0 Å². The number of carbonyl (C=O) groups is 2. The van der Waals surface area contributed by atoms with E-state index in [0.717, 1.165) is 12.0 Å². The summed E-state index contributed by atoms with van der Waals surface area (Å²) in [5.41, 5.74) is 0.763. The first-order chi connectivity index (χ1) is 9.13. The molecule has 1 heterocycles. The van der Waals surface area contributed by atoms with Gasteiger partial charge >= 0.3 is 0 Å². The highest BCUT2D eigenvalue weighted by Gasteiger charge is 2.31. The van der Waals surface area contributed by atoms with Crippen molar-refractivity contribution in [1.82, 2.24) is 4.90 Å². The van der Waals surface area contributed by atoms with Gasteiger partial charge in [0.2, 0.25) is 0 Å². The summed E-state index contributed by atoms with van der Waals surface area (Å²) < 4.78 is 0. The molecular weight excluding hydrogens is 238 g/mol. The fourth-order valence-electron chi connectivity index (χ4n) is 2.73. The average Bonchev–Trinajstić information content (AvgIpc) is 2.44. The van der Waals surface area contributed by atoms with Crippen LogP contribution in [-0.4, -0.2) is 35.6 Å². The Labute approximate surface area is 114 Å². The number of ketones is 2. The van der Waals surface area contributed by atoms with E-state index in [-0.39, 0.29) is 17.7 Å². The van der Waals surface area contributed by atoms with Gasteiger partial charge in [-0.15, -0.1) is 0 Å². The topological polar surface area (TPSA) is 37.4 Å². The summed E-state index contributed by atoms with van der Waals surface area (Å²) in [5.74, 6) is 0.536. The minimum Gasteiger partial charge on any atom is -0.299 e. The van der Waals surface area contributed by atoms with E-state index >= 15 is 0 Å². The lowest BCUT2D eigenvalue weighted by Crippen LogP contribution is -2.48. The van der Waals surface area contributed by atoms with E-state index in [1.807, 2.05) is 44.2 Å². The molecule has 0 bridgehead atoms. The summed E-state index contributed by atoms with van der Waals surface area (Å²) in [5, 5.41) is 0. The summed E-state index contributed by atoms with van der Waals surface area (Å²) in [6.45, 7) is 5.40. The van der Waals surface area contributed by atoms with Crippen molar-refractivity contribution in [1.29, 1.82) is 0 Å². The second-order valence-electron chi connectivity index (χ2n) is 5.27. The van der Waals surface area contributed by atoms with Gasteiger partial charge < -0.3 is 0 Å². The predicted octanol–water partition coefficient (Wildman–Crippen LogP) is 2.56. The lowest BCUT2D eigenvalue weighted by atomic mass is 9.93. The van der Waals surface area contributed by atoms with Gasteiger partial charge in [-0.05, 0) is 6.42 Å². The van der Waals surface area contributed by atoms with E-state index < -0.39 is 0 Å². The molecule has 3 heteroatoms. The molecule has 1 aromatic carbocycles. The summed E-state index contributed by atoms with van der Waals surface area (Å²) in [6, 6.07) is 9.33. The second kappa shape index (κ2) is 6.11. The van der Waals surface area contributed by atoms with E-state index in [2.05, 4.69) is 4.90 Å². The van der Waals surface area contributed by atoms with Crippen molar-refractivity contribution < 1.29 is 9.59 Å². The number of carbonyl (C=O) groups excluding carboxylic acids is 2. The molecule has 1 aromatic rings. The van der Waals surface area contributed by atoms with Gasteiger partial charge in [-0.3, -0.25) is 14.5 Å². The average molecular weight is 259 g/mol. The maximum absolute atomic E-state index is 12.5. The molecule has 2 atom stereocenters. The standard InChI is InChI=1S/C16H21NO2/c1-3-14(16(19)13-7-5-4-6-8-13)17-10-9-15(18)12(2)11-17/h4-8,12,14H,3,9-11H2,1-2H3. The fraction of sp³-hybridized carbons (Fsp3) is 0.500. The molecule has 0 spiro atoms. The quantitative estimate of drug-likeness (QED) is 0.780. The summed E-state index contributed by atoms with van der Waals surface area (Å²) in [7, 11) is 0. The van der Waals surface area contributed by atoms with Crippen LogP contribution in [0.2, 0.25) is 0 Å². The van der Waals surface area contributed by atoms with Crippen LogP contribution in [0, 0.1) is 5.92 Å². The van der Waals surface area contributed by atoms with Gasteiger partial charge in [-0.25, -0.2) is 0 Å². The Hall–Kier alpha value is -1.48. The highest BCUT2D eigenvalue weighted by molar-refractivity contribution is 6.00. The first-order valence-electron chi connectivity index (χ1n) is 6.99. The van der Waals surface area contributed by atoms with Gasteiger partial charge in [0.1, 0.15) is 5.78 Å². The maximum Gasteiger partial charge on any atom is 0.179 e. The van der Waals surface area contributed by atoms with Crippen molar-refractivity contribution >= 4 is 11.6 Å². The first kappa shape index (κ1) is 13.9. The molecule has 0 saturated carbocycles. The lowest BCUT2D eigenvalue weighted by molar-refractivity contribution is -0.126. The molecule has 1 fully saturated rings. The van der Waals surface area contributed by atoms with E-state index in [4.69, 9.17) is 0 Å². The Kier molecular flexibility index (Phi) is 4.48. The lowest BCUT2D eigenvalue weighted by Gasteiger charge is -2.35. The minimum atomic E-state index is -0.0991. The van der Waals surface area contributed by atoms with Gasteiger partial charge in [-0.2, -0.15) is 0 Å². The SMILES string of the molecule is CCC(C(=O)c1ccccc1)N1CCC(=O)C(C)C1. The number of hydrogen-bond donors (Lipinski definition) is 0. The highest BCUT2D eigenvalue weighted by atomic mass is 16.1. The zero-order chi connectivity index (χ0) is 13.8. The summed E-state index contributed by atoms with van der Waals surface area (Å²) >= 11 is 0. The normalized spacial score (nSPS) is 22.2. The van der Waals surface area contributed by atoms with Crippen LogP contribution in [0.4, 0.5) is 0 Å². The molecule has 1 aliphatic rings. The first-order valence-corrected chi connectivity index (χ1v) is 6.99. The molecule has 1 saturated heterocycles. The molecule has 0 aromatic heterocycles. The Morgan fingerprint density at radius 2 is 2.05 bits per heavy atom. The molecule has 19 heavy (non-hydrogen) atoms. The molecule has 2 rings (SSSR count). The number of benzene rings is 1. The van der Waals surface area contributed by atoms with Crippen LogP contribution in [0.1, 0.15) is 37.0 Å². The van der Waals surface area contributed by atoms with Gasteiger partial charge in [-0.1, -0.05) is 44.2 Å². The monoisotopic (exact) mass is 259 g/mol. The van der Waals surface area contributed by atoms with Crippen LogP contribution >= 0.6 is 0 Å². The second-order valence-corrected chi connectivity index (χ2v) is 5.27. The number of nitrogens with zero attached hydrogens (tertiary/aromatic N) is 1. The van der Waals surface area contributed by atoms with Gasteiger partial charge in [0.05, 0.1) is 6.04 Å². The zero-order valence-corrected chi connectivity index (χ0v) is 11.6.